The van der Waals surface area contributed by atoms with Gasteiger partial charge in [-0.2, -0.15) is 0 Å². The number of nitrogens with zero attached hydrogens (tertiary/aromatic N) is 2. The average molecular weight is 246 g/mol. The van der Waals surface area contributed by atoms with Gasteiger partial charge >= 0.3 is 0 Å². The van der Waals surface area contributed by atoms with Crippen LogP contribution in [-0.2, 0) is 0 Å². The first-order valence-corrected chi connectivity index (χ1v) is 4.44. The molecule has 0 amide bonds. The number of anilines is 1. The smallest absolute Gasteiger partial charge is 0.154 e. The number of hydrogen-bond acceptors (Lipinski definition) is 2. The summed E-state index contributed by atoms with van der Waals surface area (Å²) in [5.74, 6) is 0.599. The van der Waals surface area contributed by atoms with Crippen molar-refractivity contribution in [2.75, 3.05) is 5.73 Å². The first-order valence-electron chi connectivity index (χ1n) is 3.26. The summed E-state index contributed by atoms with van der Waals surface area (Å²) in [4.78, 5) is 4.09. The maximum atomic E-state index is 5.86. The summed E-state index contributed by atoms with van der Waals surface area (Å²) in [6, 6.07) is 1.76. The molecule has 0 aliphatic carbocycles. The van der Waals surface area contributed by atoms with E-state index in [4.69, 9.17) is 17.3 Å². The number of nitrogens with two attached hydrogens (primary N) is 1. The van der Waals surface area contributed by atoms with Gasteiger partial charge in [0.05, 0.1) is 15.7 Å². The highest BCUT2D eigenvalue weighted by molar-refractivity contribution is 9.10. The molecule has 0 spiro atoms. The minimum atomic E-state index is 0.599. The molecular weight excluding hydrogens is 241 g/mol. The van der Waals surface area contributed by atoms with Crippen molar-refractivity contribution in [3.8, 4) is 0 Å². The number of nitrogen functional groups attached to an aromatic ring is 1. The summed E-state index contributed by atoms with van der Waals surface area (Å²) >= 11 is 9.18. The lowest BCUT2D eigenvalue weighted by Crippen LogP contribution is -1.92. The summed E-state index contributed by atoms with van der Waals surface area (Å²) in [6.07, 6.45) is 3.38. The molecule has 12 heavy (non-hydrogen) atoms. The molecule has 2 aromatic rings. The predicted molar refractivity (Wildman–Crippen MR) is 52.3 cm³/mol. The molecule has 0 saturated carbocycles. The fraction of sp³-hybridized carbons (Fsp3) is 0. The number of rotatable bonds is 0. The zero-order chi connectivity index (χ0) is 8.72. The number of imidazole rings is 1. The Kier molecular flexibility index (Phi) is 1.73. The van der Waals surface area contributed by atoms with Gasteiger partial charge in [0.2, 0.25) is 0 Å². The number of aromatic nitrogens is 2. The first-order chi connectivity index (χ1) is 5.70. The Bertz CT molecular complexity index is 437. The minimum absolute atomic E-state index is 0.599. The molecule has 3 nitrogen and oxygen atoms in total. The Morgan fingerprint density at radius 2 is 2.33 bits per heavy atom. The van der Waals surface area contributed by atoms with Gasteiger partial charge in [0, 0.05) is 6.20 Å². The van der Waals surface area contributed by atoms with E-state index in [2.05, 4.69) is 20.9 Å². The second-order valence-corrected chi connectivity index (χ2v) is 3.55. The molecule has 2 aromatic heterocycles. The molecule has 5 heteroatoms. The van der Waals surface area contributed by atoms with E-state index in [1.165, 1.54) is 0 Å². The van der Waals surface area contributed by atoms with Crippen LogP contribution in [-0.4, -0.2) is 9.38 Å². The zero-order valence-corrected chi connectivity index (χ0v) is 8.30. The molecule has 0 fully saturated rings. The molecule has 0 bridgehead atoms. The average Bonchev–Trinajstić information content (AvgIpc) is 2.41. The number of fused-ring (bicyclic) bond motifs is 1. The van der Waals surface area contributed by atoms with Crippen LogP contribution < -0.4 is 5.73 Å². The molecule has 0 aliphatic rings. The number of halogens is 2. The number of hydrogen-bond donors (Lipinski definition) is 1. The van der Waals surface area contributed by atoms with E-state index in [-0.39, 0.29) is 0 Å². The van der Waals surface area contributed by atoms with E-state index < -0.39 is 0 Å². The van der Waals surface area contributed by atoms with Crippen LogP contribution in [0.2, 0.25) is 5.02 Å². The van der Waals surface area contributed by atoms with E-state index in [0.29, 0.717) is 10.8 Å². The molecular formula is C7H5BrClN3. The van der Waals surface area contributed by atoms with E-state index >= 15 is 0 Å². The van der Waals surface area contributed by atoms with Crippen molar-refractivity contribution >= 4 is 39.0 Å². The van der Waals surface area contributed by atoms with Gasteiger partial charge < -0.3 is 5.73 Å². The van der Waals surface area contributed by atoms with Crippen LogP contribution in [0.3, 0.4) is 0 Å². The molecule has 0 radical (unpaired) electrons. The van der Waals surface area contributed by atoms with Crippen LogP contribution in [0.4, 0.5) is 5.82 Å². The van der Waals surface area contributed by atoms with E-state index in [1.807, 2.05) is 0 Å². The Labute approximate surface area is 82.3 Å². The quantitative estimate of drug-likeness (QED) is 0.775. The lowest BCUT2D eigenvalue weighted by Gasteiger charge is -1.99. The van der Waals surface area contributed by atoms with E-state index in [9.17, 15) is 0 Å². The van der Waals surface area contributed by atoms with Crippen molar-refractivity contribution in [3.05, 3.63) is 28.0 Å². The highest BCUT2D eigenvalue weighted by Crippen LogP contribution is 2.26. The third kappa shape index (κ3) is 0.990. The fourth-order valence-electron chi connectivity index (χ4n) is 1.01. The van der Waals surface area contributed by atoms with Gasteiger partial charge in [0.25, 0.3) is 0 Å². The maximum Gasteiger partial charge on any atom is 0.154 e. The third-order valence-electron chi connectivity index (χ3n) is 1.60. The van der Waals surface area contributed by atoms with Crippen molar-refractivity contribution in [1.29, 1.82) is 0 Å². The van der Waals surface area contributed by atoms with Crippen LogP contribution in [0.15, 0.2) is 22.9 Å². The molecule has 2 rings (SSSR count). The van der Waals surface area contributed by atoms with Crippen molar-refractivity contribution in [2.24, 2.45) is 0 Å². The van der Waals surface area contributed by atoms with Gasteiger partial charge in [-0.05, 0) is 22.0 Å². The summed E-state index contributed by atoms with van der Waals surface area (Å²) in [5, 5.41) is 0.633. The second-order valence-electron chi connectivity index (χ2n) is 2.35. The van der Waals surface area contributed by atoms with Crippen LogP contribution in [0.5, 0.6) is 0 Å². The molecule has 0 saturated heterocycles. The largest absolute Gasteiger partial charge is 0.383 e. The molecule has 0 aliphatic heterocycles. The predicted octanol–water partition coefficient (Wildman–Crippen LogP) is 2.33. The lowest BCUT2D eigenvalue weighted by molar-refractivity contribution is 1.19. The Morgan fingerprint density at radius 3 is 3.08 bits per heavy atom. The molecule has 0 aromatic carbocycles. The lowest BCUT2D eigenvalue weighted by atomic mass is 10.5. The van der Waals surface area contributed by atoms with Gasteiger partial charge in [-0.25, -0.2) is 4.98 Å². The molecule has 62 valence electrons. The molecule has 0 atom stereocenters. The Hall–Kier alpha value is -0.740. The molecule has 0 unspecified atom stereocenters. The highest BCUT2D eigenvalue weighted by atomic mass is 79.9. The van der Waals surface area contributed by atoms with Crippen molar-refractivity contribution in [3.63, 3.8) is 0 Å². The normalized spacial score (nSPS) is 10.8. The van der Waals surface area contributed by atoms with Gasteiger partial charge in [-0.15, -0.1) is 0 Å². The van der Waals surface area contributed by atoms with Crippen molar-refractivity contribution in [1.82, 2.24) is 9.38 Å². The summed E-state index contributed by atoms with van der Waals surface area (Å²) in [5.41, 5.74) is 6.37. The topological polar surface area (TPSA) is 43.3 Å². The van der Waals surface area contributed by atoms with Crippen LogP contribution >= 0.6 is 27.5 Å². The second kappa shape index (κ2) is 2.64. The highest BCUT2D eigenvalue weighted by Gasteiger charge is 2.05. The zero-order valence-electron chi connectivity index (χ0n) is 5.96. The summed E-state index contributed by atoms with van der Waals surface area (Å²) in [7, 11) is 0. The standard InChI is InChI=1S/C7H5BrClN3/c8-6-4(9)1-2-12-5(10)3-11-7(6)12/h1-3H,10H2. The first kappa shape index (κ1) is 7.89. The molecule has 2 N–H and O–H groups in total. The fourth-order valence-corrected chi connectivity index (χ4v) is 1.58. The summed E-state index contributed by atoms with van der Waals surface area (Å²) < 4.78 is 2.53. The monoisotopic (exact) mass is 245 g/mol. The summed E-state index contributed by atoms with van der Waals surface area (Å²) in [6.45, 7) is 0. The Morgan fingerprint density at radius 1 is 1.58 bits per heavy atom. The Balaban J connectivity index is 2.93. The van der Waals surface area contributed by atoms with E-state index in [0.717, 1.165) is 10.1 Å². The van der Waals surface area contributed by atoms with Gasteiger partial charge in [-0.1, -0.05) is 11.6 Å². The van der Waals surface area contributed by atoms with Crippen LogP contribution in [0.25, 0.3) is 5.65 Å². The van der Waals surface area contributed by atoms with Crippen molar-refractivity contribution in [2.45, 2.75) is 0 Å². The SMILES string of the molecule is Nc1cnc2c(Br)c(Cl)ccn12. The van der Waals surface area contributed by atoms with E-state index in [1.54, 1.807) is 22.9 Å². The van der Waals surface area contributed by atoms with Gasteiger partial charge in [0.1, 0.15) is 5.82 Å². The third-order valence-corrected chi connectivity index (χ3v) is 2.93. The number of pyridine rings is 1. The van der Waals surface area contributed by atoms with Crippen LogP contribution in [0.1, 0.15) is 0 Å². The minimum Gasteiger partial charge on any atom is -0.383 e. The van der Waals surface area contributed by atoms with Crippen molar-refractivity contribution < 1.29 is 0 Å². The molecule has 2 heterocycles. The van der Waals surface area contributed by atoms with Crippen LogP contribution in [0, 0.1) is 0 Å². The van der Waals surface area contributed by atoms with Gasteiger partial charge in [-0.3, -0.25) is 4.40 Å². The maximum absolute atomic E-state index is 5.86. The van der Waals surface area contributed by atoms with Gasteiger partial charge in [0.15, 0.2) is 5.65 Å².